The van der Waals surface area contributed by atoms with Gasteiger partial charge in [-0.05, 0) is 37.9 Å². The van der Waals surface area contributed by atoms with Gasteiger partial charge in [-0.3, -0.25) is 0 Å². The van der Waals surface area contributed by atoms with Crippen LogP contribution in [-0.4, -0.2) is 18.3 Å². The third kappa shape index (κ3) is 5.66. The second-order valence-corrected chi connectivity index (χ2v) is 5.19. The van der Waals surface area contributed by atoms with E-state index in [1.54, 1.807) is 0 Å². The highest BCUT2D eigenvalue weighted by Gasteiger charge is 2.06. The van der Waals surface area contributed by atoms with Crippen molar-refractivity contribution < 1.29 is 5.11 Å². The molecule has 0 amide bonds. The largest absolute Gasteiger partial charge is 0.396 e. The number of hydrogen-bond donors (Lipinski definition) is 2. The van der Waals surface area contributed by atoms with Crippen molar-refractivity contribution in [2.75, 3.05) is 13.2 Å². The maximum atomic E-state index is 8.67. The summed E-state index contributed by atoms with van der Waals surface area (Å²) in [7, 11) is 0. The van der Waals surface area contributed by atoms with E-state index in [0.717, 1.165) is 19.4 Å². The molecule has 0 aromatic heterocycles. The van der Waals surface area contributed by atoms with Gasteiger partial charge in [-0.15, -0.1) is 0 Å². The summed E-state index contributed by atoms with van der Waals surface area (Å²) in [4.78, 5) is 0. The number of aliphatic hydroxyl groups excluding tert-OH is 1. The zero-order valence-electron chi connectivity index (χ0n) is 10.5. The summed E-state index contributed by atoms with van der Waals surface area (Å²) in [5.41, 5.74) is 1.31. The molecule has 17 heavy (non-hydrogen) atoms. The molecule has 0 aliphatic rings. The van der Waals surface area contributed by atoms with E-state index in [1.807, 2.05) is 6.07 Å². The summed E-state index contributed by atoms with van der Waals surface area (Å²) < 4.78 is 1.17. The Hall–Kier alpha value is -0.380. The topological polar surface area (TPSA) is 32.3 Å². The third-order valence-electron chi connectivity index (χ3n) is 2.91. The fourth-order valence-electron chi connectivity index (χ4n) is 1.85. The van der Waals surface area contributed by atoms with E-state index in [9.17, 15) is 0 Å². The first kappa shape index (κ1) is 14.7. The van der Waals surface area contributed by atoms with Crippen LogP contribution in [0.1, 0.15) is 44.2 Å². The molecule has 2 N–H and O–H groups in total. The van der Waals surface area contributed by atoms with Crippen LogP contribution in [0.5, 0.6) is 0 Å². The average Bonchev–Trinajstić information content (AvgIpc) is 2.34. The number of unbranched alkanes of at least 4 members (excludes halogenated alkanes) is 3. The van der Waals surface area contributed by atoms with Crippen molar-refractivity contribution in [1.29, 1.82) is 0 Å². The Balaban J connectivity index is 2.21. The van der Waals surface area contributed by atoms with Crippen molar-refractivity contribution in [2.45, 2.75) is 38.6 Å². The fourth-order valence-corrected chi connectivity index (χ4v) is 2.47. The van der Waals surface area contributed by atoms with Crippen LogP contribution in [0.2, 0.25) is 0 Å². The van der Waals surface area contributed by atoms with Crippen LogP contribution in [0.15, 0.2) is 28.7 Å². The molecule has 96 valence electrons. The number of halogens is 1. The minimum Gasteiger partial charge on any atom is -0.396 e. The summed E-state index contributed by atoms with van der Waals surface area (Å²) >= 11 is 3.57. The van der Waals surface area contributed by atoms with Crippen LogP contribution < -0.4 is 5.32 Å². The Morgan fingerprint density at radius 2 is 1.88 bits per heavy atom. The number of rotatable bonds is 8. The van der Waals surface area contributed by atoms with Gasteiger partial charge in [0.2, 0.25) is 0 Å². The zero-order chi connectivity index (χ0) is 12.5. The predicted octanol–water partition coefficient (Wildman–Crippen LogP) is 3.65. The van der Waals surface area contributed by atoms with Crippen LogP contribution in [-0.2, 0) is 0 Å². The van der Waals surface area contributed by atoms with E-state index in [-0.39, 0.29) is 0 Å². The predicted molar refractivity (Wildman–Crippen MR) is 76.1 cm³/mol. The molecular weight excluding hydrogens is 278 g/mol. The smallest absolute Gasteiger partial charge is 0.0431 e. The van der Waals surface area contributed by atoms with Gasteiger partial charge in [0, 0.05) is 17.1 Å². The highest BCUT2D eigenvalue weighted by atomic mass is 79.9. The Morgan fingerprint density at radius 3 is 2.59 bits per heavy atom. The molecule has 0 radical (unpaired) electrons. The van der Waals surface area contributed by atoms with Gasteiger partial charge >= 0.3 is 0 Å². The number of benzene rings is 1. The van der Waals surface area contributed by atoms with Crippen LogP contribution in [0.25, 0.3) is 0 Å². The third-order valence-corrected chi connectivity index (χ3v) is 3.63. The van der Waals surface area contributed by atoms with E-state index in [4.69, 9.17) is 5.11 Å². The molecular formula is C14H22BrNO. The lowest BCUT2D eigenvalue weighted by Gasteiger charge is -2.15. The summed E-state index contributed by atoms with van der Waals surface area (Å²) in [5, 5.41) is 12.2. The molecule has 0 heterocycles. The standard InChI is InChI=1S/C14H22BrNO/c1-12(13-8-4-5-9-14(13)15)16-10-6-2-3-7-11-17/h4-5,8-9,12,16-17H,2-3,6-7,10-11H2,1H3/t12-/m1/s1. The Morgan fingerprint density at radius 1 is 1.18 bits per heavy atom. The number of hydrogen-bond acceptors (Lipinski definition) is 2. The first-order chi connectivity index (χ1) is 8.25. The molecule has 0 saturated carbocycles. The molecule has 1 aromatic rings. The molecule has 1 rings (SSSR count). The number of nitrogens with one attached hydrogen (secondary N) is 1. The van der Waals surface area contributed by atoms with Gasteiger partial charge < -0.3 is 10.4 Å². The van der Waals surface area contributed by atoms with Gasteiger partial charge in [-0.1, -0.05) is 47.0 Å². The Kier molecular flexibility index (Phi) is 7.49. The highest BCUT2D eigenvalue weighted by Crippen LogP contribution is 2.22. The van der Waals surface area contributed by atoms with Crippen LogP contribution in [0, 0.1) is 0 Å². The highest BCUT2D eigenvalue weighted by molar-refractivity contribution is 9.10. The molecule has 0 spiro atoms. The van der Waals surface area contributed by atoms with E-state index < -0.39 is 0 Å². The van der Waals surface area contributed by atoms with Crippen molar-refractivity contribution in [1.82, 2.24) is 5.32 Å². The maximum absolute atomic E-state index is 8.67. The lowest BCUT2D eigenvalue weighted by atomic mass is 10.1. The summed E-state index contributed by atoms with van der Waals surface area (Å²) in [6.45, 7) is 3.54. The Labute approximate surface area is 113 Å². The lowest BCUT2D eigenvalue weighted by molar-refractivity contribution is 0.282. The van der Waals surface area contributed by atoms with E-state index >= 15 is 0 Å². The van der Waals surface area contributed by atoms with E-state index in [2.05, 4.69) is 46.4 Å². The minimum absolute atomic E-state index is 0.320. The molecule has 0 bridgehead atoms. The van der Waals surface area contributed by atoms with Crippen molar-refractivity contribution in [3.05, 3.63) is 34.3 Å². The molecule has 0 aliphatic heterocycles. The van der Waals surface area contributed by atoms with Crippen molar-refractivity contribution in [2.24, 2.45) is 0 Å². The van der Waals surface area contributed by atoms with E-state index in [1.165, 1.54) is 22.9 Å². The van der Waals surface area contributed by atoms with E-state index in [0.29, 0.717) is 12.6 Å². The summed E-state index contributed by atoms with van der Waals surface area (Å²) in [5.74, 6) is 0. The molecule has 0 aliphatic carbocycles. The molecule has 0 unspecified atom stereocenters. The first-order valence-corrected chi connectivity index (χ1v) is 7.13. The van der Waals surface area contributed by atoms with Gasteiger partial charge in [-0.25, -0.2) is 0 Å². The SMILES string of the molecule is C[C@@H](NCCCCCCO)c1ccccc1Br. The summed E-state index contributed by atoms with van der Waals surface area (Å²) in [6.07, 6.45) is 4.42. The van der Waals surface area contributed by atoms with Gasteiger partial charge in [-0.2, -0.15) is 0 Å². The van der Waals surface area contributed by atoms with Gasteiger partial charge in [0.1, 0.15) is 0 Å². The maximum Gasteiger partial charge on any atom is 0.0431 e. The molecule has 1 atom stereocenters. The summed E-state index contributed by atoms with van der Waals surface area (Å²) in [6, 6.07) is 8.71. The molecule has 0 saturated heterocycles. The van der Waals surface area contributed by atoms with Crippen molar-refractivity contribution in [3.8, 4) is 0 Å². The minimum atomic E-state index is 0.320. The van der Waals surface area contributed by atoms with Crippen molar-refractivity contribution >= 4 is 15.9 Å². The van der Waals surface area contributed by atoms with Gasteiger partial charge in [0.15, 0.2) is 0 Å². The van der Waals surface area contributed by atoms with Crippen molar-refractivity contribution in [3.63, 3.8) is 0 Å². The fraction of sp³-hybridized carbons (Fsp3) is 0.571. The van der Waals surface area contributed by atoms with Gasteiger partial charge in [0.25, 0.3) is 0 Å². The normalized spacial score (nSPS) is 12.6. The number of aliphatic hydroxyl groups is 1. The monoisotopic (exact) mass is 299 g/mol. The zero-order valence-corrected chi connectivity index (χ0v) is 12.0. The lowest BCUT2D eigenvalue weighted by Crippen LogP contribution is -2.20. The van der Waals surface area contributed by atoms with Crippen LogP contribution >= 0.6 is 15.9 Å². The second kappa shape index (κ2) is 8.67. The molecule has 3 heteroatoms. The second-order valence-electron chi connectivity index (χ2n) is 4.34. The molecule has 0 fully saturated rings. The Bertz CT molecular complexity index is 317. The molecule has 1 aromatic carbocycles. The average molecular weight is 300 g/mol. The van der Waals surface area contributed by atoms with Gasteiger partial charge in [0.05, 0.1) is 0 Å². The van der Waals surface area contributed by atoms with Crippen LogP contribution in [0.4, 0.5) is 0 Å². The molecule has 2 nitrogen and oxygen atoms in total. The first-order valence-electron chi connectivity index (χ1n) is 6.34. The quantitative estimate of drug-likeness (QED) is 0.718. The van der Waals surface area contributed by atoms with Crippen LogP contribution in [0.3, 0.4) is 0 Å².